The first-order chi connectivity index (χ1) is 10.7. The van der Waals surface area contributed by atoms with Crippen molar-refractivity contribution in [3.8, 4) is 0 Å². The highest BCUT2D eigenvalue weighted by atomic mass is 16.5. The van der Waals surface area contributed by atoms with Gasteiger partial charge >= 0.3 is 0 Å². The molecule has 1 aromatic rings. The molecule has 2 fully saturated rings. The van der Waals surface area contributed by atoms with Crippen LogP contribution in [0.5, 0.6) is 0 Å². The van der Waals surface area contributed by atoms with E-state index in [0.717, 1.165) is 44.3 Å². The van der Waals surface area contributed by atoms with Gasteiger partial charge in [-0.15, -0.1) is 5.10 Å². The normalized spacial score (nSPS) is 21.9. The Kier molecular flexibility index (Phi) is 4.71. The number of carbonyl (C=O) groups is 1. The largest absolute Gasteiger partial charge is 0.375 e. The molecule has 2 aliphatic carbocycles. The summed E-state index contributed by atoms with van der Waals surface area (Å²) in [6.45, 7) is 0.0761. The molecule has 1 aromatic heterocycles. The summed E-state index contributed by atoms with van der Waals surface area (Å²) in [5, 5.41) is 15.6. The zero-order valence-electron chi connectivity index (χ0n) is 13.3. The molecule has 2 saturated carbocycles. The van der Waals surface area contributed by atoms with Gasteiger partial charge in [-0.1, -0.05) is 32.1 Å². The number of carbonyl (C=O) groups excluding carboxylic acids is 1. The number of nitrogens with zero attached hydrogens (tertiary/aromatic N) is 4. The van der Waals surface area contributed by atoms with Crippen molar-refractivity contribution in [3.05, 3.63) is 5.82 Å². The minimum atomic E-state index is -0.420. The third-order valence-electron chi connectivity index (χ3n) is 4.95. The van der Waals surface area contributed by atoms with Crippen LogP contribution in [0.1, 0.15) is 69.7 Å². The molecule has 1 N–H and O–H groups in total. The fourth-order valence-corrected chi connectivity index (χ4v) is 3.90. The summed E-state index contributed by atoms with van der Waals surface area (Å²) in [6.07, 6.45) is 9.98. The maximum Gasteiger partial charge on any atom is 0.246 e. The summed E-state index contributed by atoms with van der Waals surface area (Å²) < 4.78 is 6.94. The van der Waals surface area contributed by atoms with Gasteiger partial charge in [-0.2, -0.15) is 0 Å². The summed E-state index contributed by atoms with van der Waals surface area (Å²) in [5.41, 5.74) is -0.420. The molecule has 0 spiro atoms. The van der Waals surface area contributed by atoms with E-state index < -0.39 is 5.54 Å². The van der Waals surface area contributed by atoms with E-state index in [1.165, 1.54) is 26.4 Å². The Bertz CT molecular complexity index is 504. The average Bonchev–Trinajstić information content (AvgIpc) is 3.18. The fourth-order valence-electron chi connectivity index (χ4n) is 3.90. The zero-order valence-corrected chi connectivity index (χ0v) is 13.3. The second kappa shape index (κ2) is 6.73. The second-order valence-electron chi connectivity index (χ2n) is 6.51. The van der Waals surface area contributed by atoms with Crippen LogP contribution in [0.15, 0.2) is 0 Å². The van der Waals surface area contributed by atoms with E-state index in [1.807, 2.05) is 4.68 Å². The number of nitrogens with one attached hydrogen (secondary N) is 1. The number of amides is 1. The number of methoxy groups -OCH3 is 1. The van der Waals surface area contributed by atoms with Crippen LogP contribution in [-0.4, -0.2) is 39.8 Å². The van der Waals surface area contributed by atoms with Crippen LogP contribution in [-0.2, 0) is 15.1 Å². The lowest BCUT2D eigenvalue weighted by atomic mass is 9.92. The van der Waals surface area contributed by atoms with Crippen molar-refractivity contribution in [3.63, 3.8) is 0 Å². The SMILES string of the molecule is COCC(=O)NC1(c2nnnn2C2CCCCC2)CCCC1. The minimum absolute atomic E-state index is 0.0761. The maximum absolute atomic E-state index is 12.1. The van der Waals surface area contributed by atoms with E-state index in [1.54, 1.807) is 0 Å². The first-order valence-electron chi connectivity index (χ1n) is 8.33. The molecular formula is C15H25N5O2. The standard InChI is InChI=1S/C15H25N5O2/c1-22-11-13(21)16-15(9-5-6-10-15)14-17-18-19-20(14)12-7-3-2-4-8-12/h12H,2-11H2,1H3,(H,16,21). The van der Waals surface area contributed by atoms with Gasteiger partial charge in [0.25, 0.3) is 0 Å². The highest BCUT2D eigenvalue weighted by molar-refractivity contribution is 5.78. The topological polar surface area (TPSA) is 81.9 Å². The fraction of sp³-hybridized carbons (Fsp3) is 0.867. The summed E-state index contributed by atoms with van der Waals surface area (Å²) in [5.74, 6) is 0.740. The molecule has 122 valence electrons. The molecule has 0 aromatic carbocycles. The van der Waals surface area contributed by atoms with E-state index in [9.17, 15) is 4.79 Å². The molecule has 2 aliphatic rings. The van der Waals surface area contributed by atoms with E-state index in [2.05, 4.69) is 20.8 Å². The van der Waals surface area contributed by atoms with Crippen molar-refractivity contribution in [2.24, 2.45) is 0 Å². The molecule has 0 unspecified atom stereocenters. The van der Waals surface area contributed by atoms with Gasteiger partial charge in [-0.3, -0.25) is 4.79 Å². The minimum Gasteiger partial charge on any atom is -0.375 e. The highest BCUT2D eigenvalue weighted by Crippen LogP contribution is 2.39. The van der Waals surface area contributed by atoms with E-state index in [4.69, 9.17) is 4.74 Å². The molecular weight excluding hydrogens is 282 g/mol. The number of aromatic nitrogens is 4. The number of hydrogen-bond acceptors (Lipinski definition) is 5. The summed E-state index contributed by atoms with van der Waals surface area (Å²) in [4.78, 5) is 12.1. The van der Waals surface area contributed by atoms with Crippen molar-refractivity contribution in [2.75, 3.05) is 13.7 Å². The predicted octanol–water partition coefficient (Wildman–Crippen LogP) is 1.71. The Labute approximate surface area is 130 Å². The molecule has 1 amide bonds. The Morgan fingerprint density at radius 3 is 2.68 bits per heavy atom. The first kappa shape index (κ1) is 15.4. The molecule has 3 rings (SSSR count). The van der Waals surface area contributed by atoms with Crippen LogP contribution in [0.4, 0.5) is 0 Å². The lowest BCUT2D eigenvalue weighted by Crippen LogP contribution is -2.47. The third-order valence-corrected chi connectivity index (χ3v) is 4.95. The highest BCUT2D eigenvalue weighted by Gasteiger charge is 2.42. The zero-order chi connectivity index (χ0) is 15.4. The molecule has 0 saturated heterocycles. The van der Waals surface area contributed by atoms with Crippen molar-refractivity contribution in [1.29, 1.82) is 0 Å². The van der Waals surface area contributed by atoms with Gasteiger partial charge in [0.05, 0.1) is 6.04 Å². The predicted molar refractivity (Wildman–Crippen MR) is 80.1 cm³/mol. The Balaban J connectivity index is 1.85. The van der Waals surface area contributed by atoms with Crippen molar-refractivity contribution >= 4 is 5.91 Å². The van der Waals surface area contributed by atoms with Crippen LogP contribution < -0.4 is 5.32 Å². The van der Waals surface area contributed by atoms with Crippen LogP contribution >= 0.6 is 0 Å². The van der Waals surface area contributed by atoms with Crippen LogP contribution in [0.2, 0.25) is 0 Å². The van der Waals surface area contributed by atoms with E-state index in [-0.39, 0.29) is 12.5 Å². The number of rotatable bonds is 5. The molecule has 0 bridgehead atoms. The summed E-state index contributed by atoms with van der Waals surface area (Å²) >= 11 is 0. The van der Waals surface area contributed by atoms with E-state index >= 15 is 0 Å². The van der Waals surface area contributed by atoms with Crippen LogP contribution in [0, 0.1) is 0 Å². The third kappa shape index (κ3) is 2.99. The summed E-state index contributed by atoms with van der Waals surface area (Å²) in [6, 6.07) is 0.371. The van der Waals surface area contributed by atoms with Gasteiger partial charge in [0, 0.05) is 7.11 Å². The molecule has 0 aliphatic heterocycles. The quantitative estimate of drug-likeness (QED) is 0.895. The van der Waals surface area contributed by atoms with Crippen LogP contribution in [0.25, 0.3) is 0 Å². The van der Waals surface area contributed by atoms with Gasteiger partial charge in [0.2, 0.25) is 5.91 Å². The average molecular weight is 307 g/mol. The van der Waals surface area contributed by atoms with Gasteiger partial charge in [-0.05, 0) is 36.1 Å². The second-order valence-corrected chi connectivity index (χ2v) is 6.51. The Morgan fingerprint density at radius 2 is 2.00 bits per heavy atom. The molecule has 0 atom stereocenters. The smallest absolute Gasteiger partial charge is 0.246 e. The number of hydrogen-bond donors (Lipinski definition) is 1. The van der Waals surface area contributed by atoms with Gasteiger partial charge < -0.3 is 10.1 Å². The van der Waals surface area contributed by atoms with Crippen LogP contribution in [0.3, 0.4) is 0 Å². The molecule has 1 heterocycles. The lowest BCUT2D eigenvalue weighted by molar-refractivity contribution is -0.127. The van der Waals surface area contributed by atoms with E-state index in [0.29, 0.717) is 6.04 Å². The monoisotopic (exact) mass is 307 g/mol. The molecule has 0 radical (unpaired) electrons. The van der Waals surface area contributed by atoms with Crippen molar-refractivity contribution < 1.29 is 9.53 Å². The van der Waals surface area contributed by atoms with Crippen molar-refractivity contribution in [2.45, 2.75) is 69.4 Å². The maximum atomic E-state index is 12.1. The first-order valence-corrected chi connectivity index (χ1v) is 8.33. The Morgan fingerprint density at radius 1 is 1.27 bits per heavy atom. The molecule has 7 heteroatoms. The van der Waals surface area contributed by atoms with Crippen molar-refractivity contribution in [1.82, 2.24) is 25.5 Å². The van der Waals surface area contributed by atoms with Gasteiger partial charge in [-0.25, -0.2) is 4.68 Å². The van der Waals surface area contributed by atoms with Gasteiger partial charge in [0.15, 0.2) is 5.82 Å². The molecule has 22 heavy (non-hydrogen) atoms. The number of ether oxygens (including phenoxy) is 1. The number of tetrazole rings is 1. The molecule has 7 nitrogen and oxygen atoms in total. The Hall–Kier alpha value is -1.50. The summed E-state index contributed by atoms with van der Waals surface area (Å²) in [7, 11) is 1.53. The lowest BCUT2D eigenvalue weighted by Gasteiger charge is -2.31. The van der Waals surface area contributed by atoms with Gasteiger partial charge in [0.1, 0.15) is 12.1 Å².